The molecule has 12 heteroatoms. The van der Waals surface area contributed by atoms with Gasteiger partial charge in [0.25, 0.3) is 0 Å². The standard InChI is InChI=1S/C58H105O11P/c1-4-7-10-13-16-19-21-23-25-26-27-28-30-31-33-36-38-41-44-47-56(60)65-51-55(69-58(62)49-46-43-40-37-34-32-29-24-22-20-17-14-11-8-5-2)53-67-70(63,64)66-52-54(50-59)68-57(61)48-45-42-39-35-18-15-12-9-6-3/h8,11,17,20,24,29,34,37,54-55,59H,4-7,9-10,12-16,18-19,21-23,25-28,30-33,35-36,38-53H2,1-3H3,(H,63,64)/b11-8-,20-17-,29-24-,37-34-. The summed E-state index contributed by atoms with van der Waals surface area (Å²) in [6, 6.07) is 0. The minimum atomic E-state index is -4.75. The zero-order chi connectivity index (χ0) is 51.3. The van der Waals surface area contributed by atoms with E-state index < -0.39 is 57.8 Å². The Hall–Kier alpha value is -2.56. The number of aliphatic hydroxyl groups is 1. The maximum absolute atomic E-state index is 12.9. The molecule has 0 radical (unpaired) electrons. The molecular formula is C58H105O11P. The molecule has 0 amide bonds. The largest absolute Gasteiger partial charge is 0.472 e. The van der Waals surface area contributed by atoms with Gasteiger partial charge >= 0.3 is 25.7 Å². The smallest absolute Gasteiger partial charge is 0.462 e. The quantitative estimate of drug-likeness (QED) is 0.0197. The molecule has 0 aliphatic heterocycles. The van der Waals surface area contributed by atoms with E-state index in [9.17, 15) is 28.9 Å². The van der Waals surface area contributed by atoms with Gasteiger partial charge in [0.1, 0.15) is 12.7 Å². The molecule has 0 aromatic heterocycles. The van der Waals surface area contributed by atoms with Crippen molar-refractivity contribution in [2.75, 3.05) is 26.4 Å². The molecule has 70 heavy (non-hydrogen) atoms. The van der Waals surface area contributed by atoms with Crippen LogP contribution >= 0.6 is 7.82 Å². The molecule has 3 atom stereocenters. The van der Waals surface area contributed by atoms with Crippen molar-refractivity contribution in [2.45, 2.75) is 277 Å². The maximum Gasteiger partial charge on any atom is 0.472 e. The molecule has 0 heterocycles. The van der Waals surface area contributed by atoms with Crippen molar-refractivity contribution in [1.82, 2.24) is 0 Å². The van der Waals surface area contributed by atoms with Gasteiger partial charge in [0.15, 0.2) is 6.10 Å². The monoisotopic (exact) mass is 1010 g/mol. The Morgan fingerprint density at radius 1 is 0.414 bits per heavy atom. The molecule has 0 aromatic rings. The summed E-state index contributed by atoms with van der Waals surface area (Å²) in [4.78, 5) is 48.4. The predicted octanol–water partition coefficient (Wildman–Crippen LogP) is 16.6. The van der Waals surface area contributed by atoms with Crippen molar-refractivity contribution >= 4 is 25.7 Å². The normalized spacial score (nSPS) is 13.7. The highest BCUT2D eigenvalue weighted by Gasteiger charge is 2.28. The van der Waals surface area contributed by atoms with E-state index >= 15 is 0 Å². The van der Waals surface area contributed by atoms with E-state index in [4.69, 9.17) is 23.3 Å². The van der Waals surface area contributed by atoms with Crippen LogP contribution in [0.3, 0.4) is 0 Å². The highest BCUT2D eigenvalue weighted by Crippen LogP contribution is 2.43. The number of ether oxygens (including phenoxy) is 3. The lowest BCUT2D eigenvalue weighted by Crippen LogP contribution is -2.30. The van der Waals surface area contributed by atoms with Gasteiger partial charge in [0.2, 0.25) is 0 Å². The van der Waals surface area contributed by atoms with Gasteiger partial charge in [-0.2, -0.15) is 0 Å². The van der Waals surface area contributed by atoms with Crippen LogP contribution in [-0.4, -0.2) is 66.5 Å². The number of hydrogen-bond acceptors (Lipinski definition) is 10. The van der Waals surface area contributed by atoms with Crippen molar-refractivity contribution in [1.29, 1.82) is 0 Å². The van der Waals surface area contributed by atoms with Crippen molar-refractivity contribution in [3.8, 4) is 0 Å². The zero-order valence-electron chi connectivity index (χ0n) is 45.0. The fraction of sp³-hybridized carbons (Fsp3) is 0.810. The number of allylic oxidation sites excluding steroid dienone is 8. The van der Waals surface area contributed by atoms with Gasteiger partial charge in [-0.3, -0.25) is 23.4 Å². The number of phosphoric ester groups is 1. The molecule has 0 aliphatic rings. The van der Waals surface area contributed by atoms with Crippen LogP contribution in [0.15, 0.2) is 48.6 Å². The van der Waals surface area contributed by atoms with Crippen LogP contribution in [0.2, 0.25) is 0 Å². The third-order valence-electron chi connectivity index (χ3n) is 12.3. The van der Waals surface area contributed by atoms with Crippen LogP contribution < -0.4 is 0 Å². The predicted molar refractivity (Wildman–Crippen MR) is 289 cm³/mol. The molecule has 0 aromatic carbocycles. The Balaban J connectivity index is 4.71. The molecule has 0 saturated carbocycles. The summed E-state index contributed by atoms with van der Waals surface area (Å²) in [6.45, 7) is 4.49. The maximum atomic E-state index is 12.9. The number of aliphatic hydroxyl groups excluding tert-OH is 1. The van der Waals surface area contributed by atoms with Gasteiger partial charge in [-0.25, -0.2) is 4.57 Å². The van der Waals surface area contributed by atoms with E-state index in [1.807, 2.05) is 0 Å². The third kappa shape index (κ3) is 50.4. The first kappa shape index (κ1) is 67.4. The Morgan fingerprint density at radius 3 is 1.14 bits per heavy atom. The second-order valence-corrected chi connectivity index (χ2v) is 20.5. The summed E-state index contributed by atoms with van der Waals surface area (Å²) >= 11 is 0. The fourth-order valence-corrected chi connectivity index (χ4v) is 8.72. The topological polar surface area (TPSA) is 155 Å². The summed E-state index contributed by atoms with van der Waals surface area (Å²) in [5.41, 5.74) is 0. The van der Waals surface area contributed by atoms with E-state index in [1.54, 1.807) is 0 Å². The van der Waals surface area contributed by atoms with Crippen LogP contribution in [0.5, 0.6) is 0 Å². The lowest BCUT2D eigenvalue weighted by molar-refractivity contribution is -0.161. The molecular weight excluding hydrogens is 904 g/mol. The molecule has 11 nitrogen and oxygen atoms in total. The average molecular weight is 1010 g/mol. The number of phosphoric acid groups is 1. The number of unbranched alkanes of at least 4 members (excludes halogenated alkanes) is 28. The second kappa shape index (κ2) is 52.8. The first-order valence-corrected chi connectivity index (χ1v) is 30.0. The third-order valence-corrected chi connectivity index (χ3v) is 13.2. The Labute approximate surface area is 428 Å². The van der Waals surface area contributed by atoms with Crippen LogP contribution in [-0.2, 0) is 42.2 Å². The summed E-state index contributed by atoms with van der Waals surface area (Å²) in [7, 11) is -4.75. The first-order chi connectivity index (χ1) is 34.2. The number of rotatable bonds is 53. The lowest BCUT2D eigenvalue weighted by Gasteiger charge is -2.21. The van der Waals surface area contributed by atoms with E-state index in [2.05, 4.69) is 69.4 Å². The van der Waals surface area contributed by atoms with Crippen molar-refractivity contribution in [3.05, 3.63) is 48.6 Å². The SMILES string of the molecule is CC/C=C\C/C=C\C/C=C\C/C=C\CCCCC(=O)OC(COC(=O)CCCCCCCCCCCCCCCCCCCCC)COP(=O)(O)OCC(CO)OC(=O)CCCCCCCCCCC. The lowest BCUT2D eigenvalue weighted by atomic mass is 10.0. The van der Waals surface area contributed by atoms with Crippen LogP contribution in [0.1, 0.15) is 265 Å². The average Bonchev–Trinajstić information content (AvgIpc) is 3.35. The van der Waals surface area contributed by atoms with Crippen LogP contribution in [0, 0.1) is 0 Å². The highest BCUT2D eigenvalue weighted by atomic mass is 31.2. The van der Waals surface area contributed by atoms with E-state index in [0.29, 0.717) is 19.3 Å². The number of carbonyl (C=O) groups excluding carboxylic acids is 3. The summed E-state index contributed by atoms with van der Waals surface area (Å²) in [5, 5.41) is 9.76. The fourth-order valence-electron chi connectivity index (χ4n) is 7.94. The molecule has 2 N–H and O–H groups in total. The van der Waals surface area contributed by atoms with Gasteiger partial charge in [0, 0.05) is 19.3 Å². The molecule has 408 valence electrons. The number of esters is 3. The summed E-state index contributed by atoms with van der Waals surface area (Å²) < 4.78 is 39.4. The first-order valence-electron chi connectivity index (χ1n) is 28.5. The Kier molecular flexibility index (Phi) is 50.8. The summed E-state index contributed by atoms with van der Waals surface area (Å²) in [5.74, 6) is -1.50. The molecule has 0 spiro atoms. The van der Waals surface area contributed by atoms with Gasteiger partial charge < -0.3 is 24.2 Å². The molecule has 0 bridgehead atoms. The van der Waals surface area contributed by atoms with Gasteiger partial charge in [-0.15, -0.1) is 0 Å². The Morgan fingerprint density at radius 2 is 0.743 bits per heavy atom. The van der Waals surface area contributed by atoms with Gasteiger partial charge in [-0.05, 0) is 57.8 Å². The van der Waals surface area contributed by atoms with Crippen LogP contribution in [0.4, 0.5) is 0 Å². The molecule has 0 rings (SSSR count). The van der Waals surface area contributed by atoms with E-state index in [1.165, 1.54) is 128 Å². The van der Waals surface area contributed by atoms with Crippen molar-refractivity contribution < 1.29 is 52.2 Å². The van der Waals surface area contributed by atoms with Crippen molar-refractivity contribution in [2.24, 2.45) is 0 Å². The van der Waals surface area contributed by atoms with Gasteiger partial charge in [0.05, 0.1) is 19.8 Å². The van der Waals surface area contributed by atoms with Crippen LogP contribution in [0.25, 0.3) is 0 Å². The molecule has 3 unspecified atom stereocenters. The minimum Gasteiger partial charge on any atom is -0.462 e. The number of hydrogen-bond donors (Lipinski definition) is 2. The minimum absolute atomic E-state index is 0.118. The molecule has 0 saturated heterocycles. The molecule has 0 aliphatic carbocycles. The Bertz CT molecular complexity index is 1360. The van der Waals surface area contributed by atoms with Gasteiger partial charge in [-0.1, -0.05) is 236 Å². The van der Waals surface area contributed by atoms with E-state index in [-0.39, 0.29) is 25.9 Å². The second-order valence-electron chi connectivity index (χ2n) is 19.1. The zero-order valence-corrected chi connectivity index (χ0v) is 45.9. The van der Waals surface area contributed by atoms with E-state index in [0.717, 1.165) is 77.0 Å². The summed E-state index contributed by atoms with van der Waals surface area (Å²) in [6.07, 6.45) is 55.2. The van der Waals surface area contributed by atoms with Crippen molar-refractivity contribution in [3.63, 3.8) is 0 Å². The highest BCUT2D eigenvalue weighted by molar-refractivity contribution is 7.47. The number of carbonyl (C=O) groups is 3. The molecule has 0 fully saturated rings.